The van der Waals surface area contributed by atoms with Crippen molar-refractivity contribution in [3.05, 3.63) is 93.5 Å². The number of aryl methyl sites for hydroxylation is 1. The van der Waals surface area contributed by atoms with E-state index in [-0.39, 0.29) is 24.5 Å². The van der Waals surface area contributed by atoms with E-state index in [1.165, 1.54) is 4.90 Å². The molecule has 40 heavy (non-hydrogen) atoms. The van der Waals surface area contributed by atoms with Crippen LogP contribution in [0, 0.1) is 0 Å². The van der Waals surface area contributed by atoms with Crippen LogP contribution in [0.1, 0.15) is 29.5 Å². The summed E-state index contributed by atoms with van der Waals surface area (Å²) >= 11 is 12.6. The van der Waals surface area contributed by atoms with Crippen LogP contribution in [0.2, 0.25) is 10.0 Å². The average molecular weight is 624 g/mol. The lowest BCUT2D eigenvalue weighted by Crippen LogP contribution is -2.53. The smallest absolute Gasteiger partial charge is 0.237 e. The number of rotatable bonds is 8. The summed E-state index contributed by atoms with van der Waals surface area (Å²) in [6.45, 7) is -0.103. The quantitative estimate of drug-likeness (QED) is 0.400. The fourth-order valence-electron chi connectivity index (χ4n) is 5.82. The van der Waals surface area contributed by atoms with Gasteiger partial charge in [0.25, 0.3) is 0 Å². The monoisotopic (exact) mass is 622 g/mol. The molecule has 1 N–H and O–H groups in total. The molecule has 1 fully saturated rings. The first-order valence-corrected chi connectivity index (χ1v) is 16.8. The van der Waals surface area contributed by atoms with Crippen LogP contribution < -0.4 is 9.46 Å². The zero-order valence-corrected chi connectivity index (χ0v) is 24.8. The van der Waals surface area contributed by atoms with Gasteiger partial charge in [-0.2, -0.15) is 0 Å². The van der Waals surface area contributed by atoms with Gasteiger partial charge in [0, 0.05) is 22.2 Å². The summed E-state index contributed by atoms with van der Waals surface area (Å²) in [7, 11) is -7.57. The first kappa shape index (κ1) is 28.9. The van der Waals surface area contributed by atoms with E-state index >= 15 is 0 Å². The third kappa shape index (κ3) is 5.23. The molecule has 1 heterocycles. The minimum absolute atomic E-state index is 0.142. The lowest BCUT2D eigenvalue weighted by molar-refractivity contribution is -0.131. The summed E-state index contributed by atoms with van der Waals surface area (Å²) in [5.41, 5.74) is 2.10. The van der Waals surface area contributed by atoms with E-state index in [0.717, 1.165) is 11.8 Å². The highest BCUT2D eigenvalue weighted by Gasteiger charge is 2.60. The van der Waals surface area contributed by atoms with Gasteiger partial charge in [-0.05, 0) is 66.8 Å². The predicted molar refractivity (Wildman–Crippen MR) is 154 cm³/mol. The maximum atomic E-state index is 14.4. The Balaban J connectivity index is 1.53. The van der Waals surface area contributed by atoms with Gasteiger partial charge in [-0.25, -0.2) is 21.6 Å². The molecule has 0 spiro atoms. The molecule has 1 amide bonds. The van der Waals surface area contributed by atoms with Crippen molar-refractivity contribution in [3.63, 3.8) is 0 Å². The molecular weight excluding hydrogens is 595 g/mol. The normalized spacial score (nSPS) is 20.6. The Hall–Kier alpha value is -2.63. The van der Waals surface area contributed by atoms with Gasteiger partial charge in [-0.3, -0.25) is 4.79 Å². The molecule has 8 nitrogen and oxygen atoms in total. The maximum absolute atomic E-state index is 14.4. The van der Waals surface area contributed by atoms with Crippen LogP contribution in [-0.2, 0) is 42.4 Å². The molecule has 1 aliphatic heterocycles. The largest absolute Gasteiger partial charge is 0.489 e. The fourth-order valence-corrected chi connectivity index (χ4v) is 9.10. The van der Waals surface area contributed by atoms with E-state index < -0.39 is 43.1 Å². The van der Waals surface area contributed by atoms with Crippen LogP contribution in [0.3, 0.4) is 0 Å². The van der Waals surface area contributed by atoms with Gasteiger partial charge in [-0.1, -0.05) is 53.5 Å². The molecule has 0 aromatic heterocycles. The number of nitrogens with one attached hydrogen (secondary N) is 1. The highest BCUT2D eigenvalue weighted by atomic mass is 35.5. The maximum Gasteiger partial charge on any atom is 0.237 e. The topological polar surface area (TPSA) is 110 Å². The lowest BCUT2D eigenvalue weighted by Gasteiger charge is -2.42. The molecule has 2 aliphatic rings. The summed E-state index contributed by atoms with van der Waals surface area (Å²) in [5.74, 6) is 0.0873. The van der Waals surface area contributed by atoms with Crippen molar-refractivity contribution in [3.8, 4) is 5.75 Å². The number of sulfonamides is 1. The third-order valence-electron chi connectivity index (χ3n) is 7.64. The number of fused-ring (bicyclic) bond motifs is 3. The van der Waals surface area contributed by atoms with Crippen molar-refractivity contribution in [1.82, 2.24) is 9.62 Å². The number of hydrogen-bond acceptors (Lipinski definition) is 6. The molecule has 12 heteroatoms. The number of ether oxygens (including phenoxy) is 1. The van der Waals surface area contributed by atoms with Crippen LogP contribution in [0.25, 0.3) is 0 Å². The van der Waals surface area contributed by atoms with Crippen molar-refractivity contribution in [2.45, 2.75) is 41.6 Å². The zero-order valence-electron chi connectivity index (χ0n) is 21.6. The van der Waals surface area contributed by atoms with Crippen molar-refractivity contribution >= 4 is 49.0 Å². The van der Waals surface area contributed by atoms with Crippen LogP contribution >= 0.6 is 23.2 Å². The second kappa shape index (κ2) is 11.0. The van der Waals surface area contributed by atoms with E-state index in [4.69, 9.17) is 27.9 Å². The molecule has 0 bridgehead atoms. The number of nitrogens with zero attached hydrogens (tertiary/aromatic N) is 1. The van der Waals surface area contributed by atoms with Crippen LogP contribution in [-0.4, -0.2) is 53.0 Å². The van der Waals surface area contributed by atoms with Crippen LogP contribution in [0.4, 0.5) is 0 Å². The Bertz CT molecular complexity index is 1640. The Morgan fingerprint density at radius 1 is 1.02 bits per heavy atom. The lowest BCUT2D eigenvalue weighted by atomic mass is 9.78. The molecule has 212 valence electrons. The molecule has 1 aliphatic carbocycles. The molecule has 2 atom stereocenters. The van der Waals surface area contributed by atoms with E-state index in [0.29, 0.717) is 39.8 Å². The molecule has 3 aromatic carbocycles. The Labute approximate surface area is 244 Å². The summed E-state index contributed by atoms with van der Waals surface area (Å²) in [4.78, 5) is 14.8. The van der Waals surface area contributed by atoms with E-state index in [9.17, 15) is 21.6 Å². The second-order valence-corrected chi connectivity index (χ2v) is 14.9. The van der Waals surface area contributed by atoms with E-state index in [1.807, 2.05) is 6.07 Å². The molecule has 0 unspecified atom stereocenters. The van der Waals surface area contributed by atoms with Gasteiger partial charge in [-0.15, -0.1) is 0 Å². The SMILES string of the molecule is CS(=O)(=O)NCC(=O)N1CC[C@@]2(S(=O)(=O)c3ccccc3)c3ccc(OCc4c(Cl)cccc4Cl)cc3CC[C@@H]12. The molecule has 1 saturated heterocycles. The molecule has 5 rings (SSSR count). The Kier molecular flexibility index (Phi) is 7.93. The number of sulfone groups is 1. The minimum atomic E-state index is -3.97. The number of benzene rings is 3. The van der Waals surface area contributed by atoms with Gasteiger partial charge in [0.2, 0.25) is 15.9 Å². The molecule has 3 aromatic rings. The van der Waals surface area contributed by atoms with Gasteiger partial charge in [0.15, 0.2) is 9.84 Å². The number of amides is 1. The van der Waals surface area contributed by atoms with Crippen molar-refractivity contribution in [2.75, 3.05) is 19.3 Å². The summed E-state index contributed by atoms with van der Waals surface area (Å²) in [6.07, 6.45) is 2.06. The van der Waals surface area contributed by atoms with E-state index in [1.54, 1.807) is 60.7 Å². The molecule has 0 radical (unpaired) electrons. The van der Waals surface area contributed by atoms with Crippen molar-refractivity contribution in [1.29, 1.82) is 0 Å². The molecular formula is C28H28Cl2N2O6S2. The van der Waals surface area contributed by atoms with Gasteiger partial charge >= 0.3 is 0 Å². The second-order valence-electron chi connectivity index (χ2n) is 10.00. The Morgan fingerprint density at radius 3 is 2.40 bits per heavy atom. The summed E-state index contributed by atoms with van der Waals surface area (Å²) in [6, 6.07) is 18.1. The first-order chi connectivity index (χ1) is 18.9. The number of hydrogen-bond donors (Lipinski definition) is 1. The number of carbonyl (C=O) groups is 1. The van der Waals surface area contributed by atoms with Gasteiger partial charge in [0.1, 0.15) is 17.1 Å². The highest BCUT2D eigenvalue weighted by Crippen LogP contribution is 2.53. The zero-order chi connectivity index (χ0) is 28.7. The van der Waals surface area contributed by atoms with Crippen molar-refractivity contribution < 1.29 is 26.4 Å². The number of halogens is 2. The number of likely N-dealkylation sites (tertiary alicyclic amines) is 1. The Morgan fingerprint density at radius 2 is 1.73 bits per heavy atom. The van der Waals surface area contributed by atoms with Gasteiger partial charge < -0.3 is 9.64 Å². The predicted octanol–water partition coefficient (Wildman–Crippen LogP) is 4.34. The third-order valence-corrected chi connectivity index (χ3v) is 11.6. The van der Waals surface area contributed by atoms with Crippen LogP contribution in [0.15, 0.2) is 71.6 Å². The van der Waals surface area contributed by atoms with Crippen LogP contribution in [0.5, 0.6) is 5.75 Å². The first-order valence-electron chi connectivity index (χ1n) is 12.7. The summed E-state index contributed by atoms with van der Waals surface area (Å²) < 4.78 is 58.9. The average Bonchev–Trinajstić information content (AvgIpc) is 3.33. The fraction of sp³-hybridized carbons (Fsp3) is 0.321. The minimum Gasteiger partial charge on any atom is -0.489 e. The number of carbonyl (C=O) groups excluding carboxylic acids is 1. The standard InChI is InChI=1S/C28H28Cl2N2O6S2/c1-39(34,35)31-17-27(33)32-15-14-28(40(36,37)21-6-3-2-4-7-21)23-12-11-20(16-19(23)10-13-26(28)32)38-18-22-24(29)8-5-9-25(22)30/h2-9,11-12,16,26,31H,10,13-15,17-18H2,1H3/t26-,28-/m1/s1. The van der Waals surface area contributed by atoms with Gasteiger partial charge in [0.05, 0.1) is 23.7 Å². The summed E-state index contributed by atoms with van der Waals surface area (Å²) in [5, 5.41) is 0.976. The highest BCUT2D eigenvalue weighted by molar-refractivity contribution is 7.92. The molecule has 0 saturated carbocycles. The van der Waals surface area contributed by atoms with E-state index in [2.05, 4.69) is 4.72 Å². The van der Waals surface area contributed by atoms with Crippen molar-refractivity contribution in [2.24, 2.45) is 0 Å².